The summed E-state index contributed by atoms with van der Waals surface area (Å²) in [4.78, 5) is 13.5. The maximum absolute atomic E-state index is 13.6. The highest BCUT2D eigenvalue weighted by atomic mass is 19.1. The van der Waals surface area contributed by atoms with Gasteiger partial charge in [-0.25, -0.2) is 9.18 Å². The molecule has 1 aliphatic rings. The molecule has 1 unspecified atom stereocenters. The number of carbonyl (C=O) groups is 1. The van der Waals surface area contributed by atoms with E-state index in [1.165, 1.54) is 12.5 Å². The molecule has 3 nitrogen and oxygen atoms in total. The second-order valence-electron chi connectivity index (χ2n) is 4.89. The van der Waals surface area contributed by atoms with Crippen molar-refractivity contribution in [3.8, 4) is 0 Å². The topological polar surface area (TPSA) is 32.3 Å². The largest absolute Gasteiger partial charge is 0.335 e. The van der Waals surface area contributed by atoms with Crippen LogP contribution in [0.3, 0.4) is 0 Å². The Hall–Kier alpha value is -1.58. The standard InChI is InChI=1S/C14H19FN2O/c1-10(12-8-3-4-9-13(12)15)17(2)14(18)16-11-6-5-7-11/h3-4,8-11H,5-7H2,1-2H3,(H,16,18). The predicted molar refractivity (Wildman–Crippen MR) is 68.7 cm³/mol. The Bertz CT molecular complexity index is 432. The molecule has 0 heterocycles. The van der Waals surface area contributed by atoms with Crippen molar-refractivity contribution in [2.24, 2.45) is 0 Å². The van der Waals surface area contributed by atoms with E-state index in [-0.39, 0.29) is 17.9 Å². The molecule has 0 bridgehead atoms. The molecule has 0 saturated heterocycles. The predicted octanol–water partition coefficient (Wildman–Crippen LogP) is 3.08. The lowest BCUT2D eigenvalue weighted by Gasteiger charge is -2.31. The van der Waals surface area contributed by atoms with Crippen LogP contribution >= 0.6 is 0 Å². The van der Waals surface area contributed by atoms with E-state index in [0.29, 0.717) is 11.6 Å². The number of hydrogen-bond donors (Lipinski definition) is 1. The number of nitrogens with one attached hydrogen (secondary N) is 1. The summed E-state index contributed by atoms with van der Waals surface area (Å²) in [6.07, 6.45) is 3.28. The van der Waals surface area contributed by atoms with Gasteiger partial charge in [-0.1, -0.05) is 18.2 Å². The first-order valence-electron chi connectivity index (χ1n) is 6.37. The summed E-state index contributed by atoms with van der Waals surface area (Å²) >= 11 is 0. The van der Waals surface area contributed by atoms with Crippen molar-refractivity contribution >= 4 is 6.03 Å². The van der Waals surface area contributed by atoms with Gasteiger partial charge in [-0.15, -0.1) is 0 Å². The lowest BCUT2D eigenvalue weighted by Crippen LogP contribution is -2.46. The minimum Gasteiger partial charge on any atom is -0.335 e. The normalized spacial score (nSPS) is 16.8. The number of hydrogen-bond acceptors (Lipinski definition) is 1. The Labute approximate surface area is 107 Å². The monoisotopic (exact) mass is 250 g/mol. The number of amides is 2. The number of halogens is 1. The minimum atomic E-state index is -0.272. The highest BCUT2D eigenvalue weighted by Crippen LogP contribution is 2.23. The summed E-state index contributed by atoms with van der Waals surface area (Å²) in [5.74, 6) is -0.270. The van der Waals surface area contributed by atoms with Crippen molar-refractivity contribution in [3.63, 3.8) is 0 Å². The lowest BCUT2D eigenvalue weighted by atomic mass is 9.93. The molecule has 1 saturated carbocycles. The zero-order valence-electron chi connectivity index (χ0n) is 10.8. The second kappa shape index (κ2) is 5.38. The molecular weight excluding hydrogens is 231 g/mol. The molecule has 98 valence electrons. The van der Waals surface area contributed by atoms with Crippen molar-refractivity contribution < 1.29 is 9.18 Å². The molecule has 1 aromatic rings. The molecule has 0 spiro atoms. The average molecular weight is 250 g/mol. The fourth-order valence-electron chi connectivity index (χ4n) is 2.03. The van der Waals surface area contributed by atoms with Crippen molar-refractivity contribution in [1.82, 2.24) is 10.2 Å². The average Bonchev–Trinajstić information content (AvgIpc) is 2.32. The van der Waals surface area contributed by atoms with E-state index in [9.17, 15) is 9.18 Å². The van der Waals surface area contributed by atoms with E-state index in [2.05, 4.69) is 5.32 Å². The molecule has 1 atom stereocenters. The van der Waals surface area contributed by atoms with Crippen molar-refractivity contribution in [2.75, 3.05) is 7.05 Å². The van der Waals surface area contributed by atoms with Gasteiger partial charge < -0.3 is 10.2 Å². The first-order valence-corrected chi connectivity index (χ1v) is 6.37. The Morgan fingerprint density at radius 2 is 2.11 bits per heavy atom. The van der Waals surface area contributed by atoms with Crippen LogP contribution in [0.2, 0.25) is 0 Å². The van der Waals surface area contributed by atoms with Crippen LogP contribution < -0.4 is 5.32 Å². The van der Waals surface area contributed by atoms with Crippen LogP contribution in [0, 0.1) is 5.82 Å². The van der Waals surface area contributed by atoms with E-state index < -0.39 is 0 Å². The molecule has 2 rings (SSSR count). The maximum Gasteiger partial charge on any atom is 0.317 e. The number of nitrogens with zero attached hydrogens (tertiary/aromatic N) is 1. The zero-order chi connectivity index (χ0) is 13.1. The third kappa shape index (κ3) is 2.63. The van der Waals surface area contributed by atoms with E-state index in [1.54, 1.807) is 30.1 Å². The van der Waals surface area contributed by atoms with Gasteiger partial charge in [0.15, 0.2) is 0 Å². The fraction of sp³-hybridized carbons (Fsp3) is 0.500. The highest BCUT2D eigenvalue weighted by molar-refractivity contribution is 5.74. The van der Waals surface area contributed by atoms with Gasteiger partial charge in [0.1, 0.15) is 5.82 Å². The summed E-state index contributed by atoms with van der Waals surface area (Å²) in [5, 5.41) is 2.95. The number of benzene rings is 1. The first-order chi connectivity index (χ1) is 8.59. The molecule has 0 aromatic heterocycles. The van der Waals surface area contributed by atoms with Crippen LogP contribution in [0.15, 0.2) is 24.3 Å². The molecule has 0 aliphatic heterocycles. The van der Waals surface area contributed by atoms with Gasteiger partial charge in [0.25, 0.3) is 0 Å². The molecular formula is C14H19FN2O. The molecule has 0 radical (unpaired) electrons. The quantitative estimate of drug-likeness (QED) is 0.878. The van der Waals surface area contributed by atoms with Crippen LogP contribution in [0.1, 0.15) is 37.8 Å². The van der Waals surface area contributed by atoms with Crippen LogP contribution in [0.4, 0.5) is 9.18 Å². The van der Waals surface area contributed by atoms with Crippen molar-refractivity contribution in [1.29, 1.82) is 0 Å². The van der Waals surface area contributed by atoms with Gasteiger partial charge in [0.05, 0.1) is 6.04 Å². The van der Waals surface area contributed by atoms with Crippen molar-refractivity contribution in [3.05, 3.63) is 35.6 Å². The van der Waals surface area contributed by atoms with Gasteiger partial charge in [-0.05, 0) is 32.3 Å². The lowest BCUT2D eigenvalue weighted by molar-refractivity contribution is 0.182. The number of carbonyl (C=O) groups excluding carboxylic acids is 1. The van der Waals surface area contributed by atoms with Crippen LogP contribution in [-0.2, 0) is 0 Å². The zero-order valence-corrected chi connectivity index (χ0v) is 10.8. The number of rotatable bonds is 3. The third-order valence-corrected chi connectivity index (χ3v) is 3.69. The van der Waals surface area contributed by atoms with Crippen molar-refractivity contribution in [2.45, 2.75) is 38.3 Å². The van der Waals surface area contributed by atoms with Gasteiger partial charge in [0.2, 0.25) is 0 Å². The van der Waals surface area contributed by atoms with Gasteiger partial charge in [-0.3, -0.25) is 0 Å². The van der Waals surface area contributed by atoms with E-state index in [4.69, 9.17) is 0 Å². The molecule has 1 aromatic carbocycles. The van der Waals surface area contributed by atoms with Gasteiger partial charge in [0, 0.05) is 18.7 Å². The van der Waals surface area contributed by atoms with Crippen LogP contribution in [0.25, 0.3) is 0 Å². The first kappa shape index (κ1) is 12.9. The smallest absolute Gasteiger partial charge is 0.317 e. The minimum absolute atomic E-state index is 0.129. The van der Waals surface area contributed by atoms with Crippen LogP contribution in [0.5, 0.6) is 0 Å². The Balaban J connectivity index is 2.01. The van der Waals surface area contributed by atoms with E-state index in [1.807, 2.05) is 6.92 Å². The Kier molecular flexibility index (Phi) is 3.84. The summed E-state index contributed by atoms with van der Waals surface area (Å²) in [6, 6.07) is 6.47. The Morgan fingerprint density at radius 3 is 2.67 bits per heavy atom. The van der Waals surface area contributed by atoms with Gasteiger partial charge in [-0.2, -0.15) is 0 Å². The molecule has 1 aliphatic carbocycles. The van der Waals surface area contributed by atoms with Crippen LogP contribution in [-0.4, -0.2) is 24.0 Å². The summed E-state index contributed by atoms with van der Waals surface area (Å²) in [7, 11) is 1.70. The number of urea groups is 1. The molecule has 18 heavy (non-hydrogen) atoms. The fourth-order valence-corrected chi connectivity index (χ4v) is 2.03. The molecule has 2 amide bonds. The van der Waals surface area contributed by atoms with E-state index >= 15 is 0 Å². The summed E-state index contributed by atoms with van der Waals surface area (Å²) < 4.78 is 13.6. The third-order valence-electron chi connectivity index (χ3n) is 3.69. The van der Waals surface area contributed by atoms with E-state index in [0.717, 1.165) is 12.8 Å². The Morgan fingerprint density at radius 1 is 1.44 bits per heavy atom. The maximum atomic E-state index is 13.6. The molecule has 1 N–H and O–H groups in total. The summed E-state index contributed by atoms with van der Waals surface area (Å²) in [6.45, 7) is 1.83. The molecule has 1 fully saturated rings. The SMILES string of the molecule is CC(c1ccccc1F)N(C)C(=O)NC1CCC1. The van der Waals surface area contributed by atoms with Gasteiger partial charge >= 0.3 is 6.03 Å². The molecule has 4 heteroatoms. The highest BCUT2D eigenvalue weighted by Gasteiger charge is 2.24. The summed E-state index contributed by atoms with van der Waals surface area (Å²) in [5.41, 5.74) is 0.545. The second-order valence-corrected chi connectivity index (χ2v) is 4.89.